The lowest BCUT2D eigenvalue weighted by molar-refractivity contribution is -0.135. The summed E-state index contributed by atoms with van der Waals surface area (Å²) < 4.78 is 5.24. The van der Waals surface area contributed by atoms with Gasteiger partial charge in [-0.05, 0) is 30.9 Å². The molecule has 0 bridgehead atoms. The average molecular weight is 219 g/mol. The quantitative estimate of drug-likeness (QED) is 0.734. The summed E-state index contributed by atoms with van der Waals surface area (Å²) in [5.41, 5.74) is 0. The number of pyridine rings is 1. The first-order valence-electron chi connectivity index (χ1n) is 5.95. The van der Waals surface area contributed by atoms with Gasteiger partial charge < -0.3 is 4.74 Å². The maximum absolute atomic E-state index is 11.6. The van der Waals surface area contributed by atoms with Gasteiger partial charge in [0.2, 0.25) is 0 Å². The molecule has 1 fully saturated rings. The molecule has 0 radical (unpaired) electrons. The topological polar surface area (TPSA) is 39.2 Å². The second-order valence-electron chi connectivity index (χ2n) is 4.37. The van der Waals surface area contributed by atoms with Crippen LogP contribution in [-0.2, 0) is 4.79 Å². The van der Waals surface area contributed by atoms with Crippen molar-refractivity contribution in [2.45, 2.75) is 38.5 Å². The molecule has 0 unspecified atom stereocenters. The largest absolute Gasteiger partial charge is 0.426 e. The normalized spacial score (nSPS) is 17.0. The maximum atomic E-state index is 11.6. The fourth-order valence-electron chi connectivity index (χ4n) is 2.21. The van der Waals surface area contributed by atoms with Gasteiger partial charge in [0.15, 0.2) is 0 Å². The molecule has 0 aliphatic heterocycles. The van der Waals surface area contributed by atoms with Crippen molar-refractivity contribution in [2.24, 2.45) is 5.92 Å². The number of aromatic nitrogens is 1. The van der Waals surface area contributed by atoms with E-state index in [0.29, 0.717) is 18.1 Å². The third kappa shape index (κ3) is 3.33. The minimum atomic E-state index is -0.113. The summed E-state index contributed by atoms with van der Waals surface area (Å²) in [5, 5.41) is 0. The Labute approximate surface area is 95.8 Å². The van der Waals surface area contributed by atoms with Crippen molar-refractivity contribution in [2.75, 3.05) is 0 Å². The van der Waals surface area contributed by atoms with E-state index in [9.17, 15) is 4.79 Å². The molecule has 1 aromatic heterocycles. The van der Waals surface area contributed by atoms with Crippen LogP contribution in [0.2, 0.25) is 0 Å². The summed E-state index contributed by atoms with van der Waals surface area (Å²) >= 11 is 0. The molecule has 1 aliphatic rings. The molecule has 1 saturated carbocycles. The lowest BCUT2D eigenvalue weighted by Crippen LogP contribution is -2.16. The predicted molar refractivity (Wildman–Crippen MR) is 61.1 cm³/mol. The van der Waals surface area contributed by atoms with E-state index in [2.05, 4.69) is 4.98 Å². The first-order valence-corrected chi connectivity index (χ1v) is 5.95. The molecule has 0 aromatic carbocycles. The number of carbonyl (C=O) groups is 1. The fraction of sp³-hybridized carbons (Fsp3) is 0.538. The van der Waals surface area contributed by atoms with Gasteiger partial charge in [-0.15, -0.1) is 0 Å². The summed E-state index contributed by atoms with van der Waals surface area (Å²) in [7, 11) is 0. The highest BCUT2D eigenvalue weighted by Crippen LogP contribution is 2.26. The van der Waals surface area contributed by atoms with Crippen LogP contribution < -0.4 is 4.74 Å². The zero-order valence-corrected chi connectivity index (χ0v) is 9.39. The van der Waals surface area contributed by atoms with Gasteiger partial charge in [0.05, 0.1) is 0 Å². The Morgan fingerprint density at radius 3 is 2.62 bits per heavy atom. The Bertz CT molecular complexity index is 331. The van der Waals surface area contributed by atoms with E-state index in [1.807, 2.05) is 0 Å². The minimum Gasteiger partial charge on any atom is -0.426 e. The van der Waals surface area contributed by atoms with Crippen LogP contribution >= 0.6 is 0 Å². The zero-order valence-electron chi connectivity index (χ0n) is 9.39. The van der Waals surface area contributed by atoms with E-state index in [1.54, 1.807) is 24.5 Å². The number of esters is 1. The molecule has 2 rings (SSSR count). The van der Waals surface area contributed by atoms with Crippen LogP contribution in [0.5, 0.6) is 5.75 Å². The Hall–Kier alpha value is -1.38. The highest BCUT2D eigenvalue weighted by molar-refractivity contribution is 5.72. The van der Waals surface area contributed by atoms with Crippen molar-refractivity contribution in [3.63, 3.8) is 0 Å². The fourth-order valence-corrected chi connectivity index (χ4v) is 2.21. The van der Waals surface area contributed by atoms with Gasteiger partial charge in [-0.3, -0.25) is 9.78 Å². The predicted octanol–water partition coefficient (Wildman–Crippen LogP) is 2.96. The molecule has 0 N–H and O–H groups in total. The summed E-state index contributed by atoms with van der Waals surface area (Å²) in [6.07, 6.45) is 9.99. The minimum absolute atomic E-state index is 0.113. The number of nitrogens with zero attached hydrogens (tertiary/aromatic N) is 1. The van der Waals surface area contributed by atoms with Gasteiger partial charge >= 0.3 is 5.97 Å². The molecule has 0 saturated heterocycles. The van der Waals surface area contributed by atoms with E-state index in [1.165, 1.54) is 32.1 Å². The van der Waals surface area contributed by atoms with Crippen LogP contribution in [0.3, 0.4) is 0 Å². The van der Waals surface area contributed by atoms with Crippen molar-refractivity contribution in [3.8, 4) is 5.75 Å². The van der Waals surface area contributed by atoms with Crippen LogP contribution in [0, 0.1) is 5.92 Å². The number of ether oxygens (including phenoxy) is 1. The first-order chi connectivity index (χ1) is 7.84. The highest BCUT2D eigenvalue weighted by atomic mass is 16.5. The molecule has 3 heteroatoms. The number of hydrogen-bond donors (Lipinski definition) is 0. The summed E-state index contributed by atoms with van der Waals surface area (Å²) in [5.74, 6) is 1.01. The second kappa shape index (κ2) is 5.64. The molecular weight excluding hydrogens is 202 g/mol. The summed E-state index contributed by atoms with van der Waals surface area (Å²) in [6.45, 7) is 0. The Morgan fingerprint density at radius 1 is 1.25 bits per heavy atom. The van der Waals surface area contributed by atoms with Crippen molar-refractivity contribution in [1.29, 1.82) is 0 Å². The Kier molecular flexibility index (Phi) is 3.91. The van der Waals surface area contributed by atoms with E-state index >= 15 is 0 Å². The molecule has 3 nitrogen and oxygen atoms in total. The van der Waals surface area contributed by atoms with E-state index in [-0.39, 0.29) is 5.97 Å². The Morgan fingerprint density at radius 2 is 1.94 bits per heavy atom. The molecule has 16 heavy (non-hydrogen) atoms. The van der Waals surface area contributed by atoms with Crippen molar-refractivity contribution in [1.82, 2.24) is 4.98 Å². The van der Waals surface area contributed by atoms with E-state index in [4.69, 9.17) is 4.74 Å². The zero-order chi connectivity index (χ0) is 11.2. The lowest BCUT2D eigenvalue weighted by atomic mass is 9.87. The van der Waals surface area contributed by atoms with Crippen LogP contribution in [0.4, 0.5) is 0 Å². The van der Waals surface area contributed by atoms with Crippen LogP contribution in [-0.4, -0.2) is 11.0 Å². The van der Waals surface area contributed by atoms with Gasteiger partial charge in [0.25, 0.3) is 0 Å². The highest BCUT2D eigenvalue weighted by Gasteiger charge is 2.18. The molecule has 0 atom stereocenters. The molecule has 1 heterocycles. The van der Waals surface area contributed by atoms with Crippen molar-refractivity contribution in [3.05, 3.63) is 24.5 Å². The van der Waals surface area contributed by atoms with Gasteiger partial charge in [0, 0.05) is 18.8 Å². The molecule has 86 valence electrons. The first kappa shape index (κ1) is 11.1. The SMILES string of the molecule is O=C(CC1CCCCC1)Oc1ccncc1. The molecule has 1 aliphatic carbocycles. The number of hydrogen-bond acceptors (Lipinski definition) is 3. The summed E-state index contributed by atoms with van der Waals surface area (Å²) in [6, 6.07) is 3.41. The standard InChI is InChI=1S/C13H17NO2/c15-13(10-11-4-2-1-3-5-11)16-12-6-8-14-9-7-12/h6-9,11H,1-5,10H2. The van der Waals surface area contributed by atoms with Gasteiger partial charge in [-0.1, -0.05) is 19.3 Å². The average Bonchev–Trinajstić information content (AvgIpc) is 2.31. The molecule has 0 spiro atoms. The van der Waals surface area contributed by atoms with Crippen LogP contribution in [0.1, 0.15) is 38.5 Å². The monoisotopic (exact) mass is 219 g/mol. The van der Waals surface area contributed by atoms with E-state index < -0.39 is 0 Å². The smallest absolute Gasteiger partial charge is 0.311 e. The second-order valence-corrected chi connectivity index (χ2v) is 4.37. The molecule has 0 amide bonds. The van der Waals surface area contributed by atoms with Crippen LogP contribution in [0.15, 0.2) is 24.5 Å². The molecular formula is C13H17NO2. The third-order valence-corrected chi connectivity index (χ3v) is 3.06. The maximum Gasteiger partial charge on any atom is 0.311 e. The Balaban J connectivity index is 1.80. The van der Waals surface area contributed by atoms with Gasteiger partial charge in [-0.25, -0.2) is 0 Å². The summed E-state index contributed by atoms with van der Waals surface area (Å²) in [4.78, 5) is 15.5. The molecule has 1 aromatic rings. The third-order valence-electron chi connectivity index (χ3n) is 3.06. The van der Waals surface area contributed by atoms with Gasteiger partial charge in [-0.2, -0.15) is 0 Å². The van der Waals surface area contributed by atoms with Crippen LogP contribution in [0.25, 0.3) is 0 Å². The van der Waals surface area contributed by atoms with Crippen molar-refractivity contribution >= 4 is 5.97 Å². The van der Waals surface area contributed by atoms with Gasteiger partial charge in [0.1, 0.15) is 5.75 Å². The van der Waals surface area contributed by atoms with Crippen molar-refractivity contribution < 1.29 is 9.53 Å². The number of rotatable bonds is 3. The lowest BCUT2D eigenvalue weighted by Gasteiger charge is -2.20. The van der Waals surface area contributed by atoms with E-state index in [0.717, 1.165) is 0 Å². The number of carbonyl (C=O) groups excluding carboxylic acids is 1.